The van der Waals surface area contributed by atoms with Gasteiger partial charge in [0.2, 0.25) is 0 Å². The summed E-state index contributed by atoms with van der Waals surface area (Å²) in [6.07, 6.45) is 0.0563. The van der Waals surface area contributed by atoms with Gasteiger partial charge < -0.3 is 19.5 Å². The third-order valence-corrected chi connectivity index (χ3v) is 2.70. The zero-order chi connectivity index (χ0) is 12.1. The van der Waals surface area contributed by atoms with Crippen LogP contribution in [0.25, 0.3) is 0 Å². The molecule has 1 heterocycles. The summed E-state index contributed by atoms with van der Waals surface area (Å²) in [4.78, 5) is 0. The average Bonchev–Trinajstić information content (AvgIpc) is 2.38. The van der Waals surface area contributed by atoms with Crippen LogP contribution < -0.4 is 14.8 Å². The van der Waals surface area contributed by atoms with Crippen LogP contribution in [0.3, 0.4) is 0 Å². The van der Waals surface area contributed by atoms with Gasteiger partial charge in [-0.15, -0.1) is 0 Å². The molecule has 1 aliphatic heterocycles. The predicted octanol–water partition coefficient (Wildman–Crippen LogP) is 1.75. The van der Waals surface area contributed by atoms with E-state index in [1.165, 1.54) is 0 Å². The van der Waals surface area contributed by atoms with Gasteiger partial charge in [0.15, 0.2) is 11.5 Å². The summed E-state index contributed by atoms with van der Waals surface area (Å²) < 4.78 is 16.8. The van der Waals surface area contributed by atoms with Crippen LogP contribution >= 0.6 is 0 Å². The highest BCUT2D eigenvalue weighted by Gasteiger charge is 2.16. The second-order valence-electron chi connectivity index (χ2n) is 3.90. The van der Waals surface area contributed by atoms with Crippen molar-refractivity contribution in [1.29, 1.82) is 0 Å². The Morgan fingerprint density at radius 2 is 2.06 bits per heavy atom. The van der Waals surface area contributed by atoms with Crippen molar-refractivity contribution in [3.63, 3.8) is 0 Å². The third kappa shape index (κ3) is 2.90. The lowest BCUT2D eigenvalue weighted by Crippen LogP contribution is -2.20. The minimum absolute atomic E-state index is 0.0563. The van der Waals surface area contributed by atoms with Gasteiger partial charge in [-0.1, -0.05) is 6.07 Å². The van der Waals surface area contributed by atoms with E-state index in [4.69, 9.17) is 14.2 Å². The van der Waals surface area contributed by atoms with Gasteiger partial charge in [0.25, 0.3) is 0 Å². The van der Waals surface area contributed by atoms with E-state index in [1.807, 2.05) is 32.2 Å². The van der Waals surface area contributed by atoms with E-state index in [2.05, 4.69) is 5.32 Å². The van der Waals surface area contributed by atoms with Crippen molar-refractivity contribution in [2.75, 3.05) is 33.4 Å². The fourth-order valence-electron chi connectivity index (χ4n) is 1.92. The lowest BCUT2D eigenvalue weighted by Gasteiger charge is -2.22. The molecule has 2 rings (SSSR count). The molecule has 1 atom stereocenters. The summed E-state index contributed by atoms with van der Waals surface area (Å²) in [6, 6.07) is 5.99. The molecule has 17 heavy (non-hydrogen) atoms. The molecule has 94 valence electrons. The van der Waals surface area contributed by atoms with Crippen molar-refractivity contribution in [1.82, 2.24) is 5.32 Å². The number of ether oxygens (including phenoxy) is 3. The first-order chi connectivity index (χ1) is 8.35. The average molecular weight is 237 g/mol. The second kappa shape index (κ2) is 5.89. The number of nitrogens with one attached hydrogen (secondary N) is 1. The lowest BCUT2D eigenvalue weighted by molar-refractivity contribution is 0.0633. The first-order valence-electron chi connectivity index (χ1n) is 6.01. The van der Waals surface area contributed by atoms with Crippen molar-refractivity contribution >= 4 is 0 Å². The van der Waals surface area contributed by atoms with E-state index >= 15 is 0 Å². The van der Waals surface area contributed by atoms with Crippen molar-refractivity contribution in [3.8, 4) is 11.5 Å². The number of fused-ring (bicyclic) bond motifs is 1. The molecule has 0 aliphatic carbocycles. The fraction of sp³-hybridized carbons (Fsp3) is 0.538. The number of hydrogen-bond donors (Lipinski definition) is 1. The van der Waals surface area contributed by atoms with Crippen LogP contribution in [0.5, 0.6) is 11.5 Å². The van der Waals surface area contributed by atoms with Gasteiger partial charge in [-0.3, -0.25) is 0 Å². The second-order valence-corrected chi connectivity index (χ2v) is 3.90. The van der Waals surface area contributed by atoms with E-state index in [0.29, 0.717) is 19.8 Å². The molecule has 1 aromatic rings. The molecule has 4 heteroatoms. The zero-order valence-corrected chi connectivity index (χ0v) is 10.4. The first-order valence-corrected chi connectivity index (χ1v) is 6.01. The van der Waals surface area contributed by atoms with Crippen LogP contribution in [-0.4, -0.2) is 33.4 Å². The summed E-state index contributed by atoms with van der Waals surface area (Å²) in [5.74, 6) is 1.63. The van der Waals surface area contributed by atoms with Crippen LogP contribution in [-0.2, 0) is 4.74 Å². The van der Waals surface area contributed by atoms with E-state index in [-0.39, 0.29) is 6.10 Å². The Morgan fingerprint density at radius 3 is 2.76 bits per heavy atom. The Bertz CT molecular complexity index is 362. The molecule has 1 aliphatic rings. The topological polar surface area (TPSA) is 39.7 Å². The standard InChI is InChI=1S/C13H19NO3/c1-3-15-13(9-14-2)10-4-5-11-12(8-10)17-7-6-16-11/h4-5,8,13-14H,3,6-7,9H2,1-2H3/t13-/m1/s1. The van der Waals surface area contributed by atoms with Crippen molar-refractivity contribution in [2.24, 2.45) is 0 Å². The van der Waals surface area contributed by atoms with Crippen LogP contribution in [0.4, 0.5) is 0 Å². The summed E-state index contributed by atoms with van der Waals surface area (Å²) in [7, 11) is 1.92. The highest BCUT2D eigenvalue weighted by atomic mass is 16.6. The van der Waals surface area contributed by atoms with Gasteiger partial charge in [-0.05, 0) is 31.7 Å². The Labute approximate surface area is 102 Å². The van der Waals surface area contributed by atoms with E-state index in [0.717, 1.165) is 23.6 Å². The normalized spacial score (nSPS) is 15.6. The quantitative estimate of drug-likeness (QED) is 0.847. The lowest BCUT2D eigenvalue weighted by atomic mass is 10.1. The van der Waals surface area contributed by atoms with E-state index in [9.17, 15) is 0 Å². The maximum absolute atomic E-state index is 5.70. The van der Waals surface area contributed by atoms with Gasteiger partial charge in [-0.25, -0.2) is 0 Å². The molecule has 1 N–H and O–H groups in total. The van der Waals surface area contributed by atoms with Crippen LogP contribution in [0.2, 0.25) is 0 Å². The fourth-order valence-corrected chi connectivity index (χ4v) is 1.92. The predicted molar refractivity (Wildman–Crippen MR) is 65.7 cm³/mol. The molecule has 0 unspecified atom stereocenters. The molecule has 0 saturated heterocycles. The molecule has 0 bridgehead atoms. The number of hydrogen-bond acceptors (Lipinski definition) is 4. The van der Waals surface area contributed by atoms with Crippen LogP contribution in [0.15, 0.2) is 18.2 Å². The third-order valence-electron chi connectivity index (χ3n) is 2.70. The highest BCUT2D eigenvalue weighted by Crippen LogP contribution is 2.33. The molecule has 0 aromatic heterocycles. The maximum Gasteiger partial charge on any atom is 0.161 e. The van der Waals surface area contributed by atoms with Crippen molar-refractivity contribution in [3.05, 3.63) is 23.8 Å². The van der Waals surface area contributed by atoms with Gasteiger partial charge in [0.1, 0.15) is 13.2 Å². The van der Waals surface area contributed by atoms with Crippen LogP contribution in [0, 0.1) is 0 Å². The first kappa shape index (κ1) is 12.2. The molecule has 0 fully saturated rings. The Balaban J connectivity index is 2.18. The van der Waals surface area contributed by atoms with Gasteiger partial charge in [0, 0.05) is 13.2 Å². The molecule has 0 spiro atoms. The molecule has 0 saturated carbocycles. The Kier molecular flexibility index (Phi) is 4.23. The molecule has 1 aromatic carbocycles. The minimum Gasteiger partial charge on any atom is -0.486 e. The smallest absolute Gasteiger partial charge is 0.161 e. The van der Waals surface area contributed by atoms with Crippen LogP contribution in [0.1, 0.15) is 18.6 Å². The summed E-state index contributed by atoms with van der Waals surface area (Å²) in [5.41, 5.74) is 1.12. The van der Waals surface area contributed by atoms with E-state index in [1.54, 1.807) is 0 Å². The number of likely N-dealkylation sites (N-methyl/N-ethyl adjacent to an activating group) is 1. The molecular formula is C13H19NO3. The van der Waals surface area contributed by atoms with E-state index < -0.39 is 0 Å². The maximum atomic E-state index is 5.70. The van der Waals surface area contributed by atoms with Crippen molar-refractivity contribution < 1.29 is 14.2 Å². The highest BCUT2D eigenvalue weighted by molar-refractivity contribution is 5.44. The number of benzene rings is 1. The summed E-state index contributed by atoms with van der Waals surface area (Å²) in [5, 5.41) is 3.13. The van der Waals surface area contributed by atoms with Gasteiger partial charge in [0.05, 0.1) is 6.10 Å². The molecule has 0 amide bonds. The largest absolute Gasteiger partial charge is 0.486 e. The molecule has 0 radical (unpaired) electrons. The van der Waals surface area contributed by atoms with Crippen molar-refractivity contribution in [2.45, 2.75) is 13.0 Å². The Hall–Kier alpha value is -1.26. The monoisotopic (exact) mass is 237 g/mol. The number of rotatable bonds is 5. The molecule has 4 nitrogen and oxygen atoms in total. The zero-order valence-electron chi connectivity index (χ0n) is 10.4. The molecular weight excluding hydrogens is 218 g/mol. The minimum atomic E-state index is 0.0563. The SMILES string of the molecule is CCO[C@H](CNC)c1ccc2c(c1)OCCO2. The Morgan fingerprint density at radius 1 is 1.29 bits per heavy atom. The van der Waals surface area contributed by atoms with Gasteiger partial charge >= 0.3 is 0 Å². The summed E-state index contributed by atoms with van der Waals surface area (Å²) >= 11 is 0. The summed E-state index contributed by atoms with van der Waals surface area (Å²) in [6.45, 7) is 4.72. The van der Waals surface area contributed by atoms with Gasteiger partial charge in [-0.2, -0.15) is 0 Å².